The van der Waals surface area contributed by atoms with Gasteiger partial charge in [0.25, 0.3) is 0 Å². The van der Waals surface area contributed by atoms with Crippen molar-refractivity contribution in [2.75, 3.05) is 6.61 Å². The highest BCUT2D eigenvalue weighted by atomic mass is 16.5. The van der Waals surface area contributed by atoms with Crippen molar-refractivity contribution < 1.29 is 9.84 Å². The molecule has 0 aromatic heterocycles. The third kappa shape index (κ3) is 2.05. The number of hydrogen-bond acceptors (Lipinski definition) is 2. The molecule has 2 heteroatoms. The molecule has 76 valence electrons. The maximum absolute atomic E-state index is 10.1. The Hall–Kier alpha value is -0.0800. The average molecular weight is 184 g/mol. The van der Waals surface area contributed by atoms with Gasteiger partial charge in [-0.15, -0.1) is 0 Å². The van der Waals surface area contributed by atoms with Crippen molar-refractivity contribution in [2.24, 2.45) is 11.8 Å². The Labute approximate surface area is 80.3 Å². The summed E-state index contributed by atoms with van der Waals surface area (Å²) in [6.45, 7) is 2.88. The highest BCUT2D eigenvalue weighted by Gasteiger charge is 2.34. The van der Waals surface area contributed by atoms with Gasteiger partial charge >= 0.3 is 0 Å². The maximum Gasteiger partial charge on any atom is 0.0619 e. The third-order valence-corrected chi connectivity index (χ3v) is 3.60. The van der Waals surface area contributed by atoms with Crippen molar-refractivity contribution in [3.05, 3.63) is 0 Å². The zero-order chi connectivity index (χ0) is 9.26. The predicted molar refractivity (Wildman–Crippen MR) is 51.5 cm³/mol. The van der Waals surface area contributed by atoms with Crippen molar-refractivity contribution in [3.63, 3.8) is 0 Å². The Morgan fingerprint density at radius 1 is 1.23 bits per heavy atom. The van der Waals surface area contributed by atoms with Crippen LogP contribution >= 0.6 is 0 Å². The highest BCUT2D eigenvalue weighted by molar-refractivity contribution is 4.83. The molecule has 2 nitrogen and oxygen atoms in total. The standard InChI is InChI=1S/C11H20O2/c1-8-6-10(7-13-8)11(12)9-4-2-3-5-9/h8-12H,2-7H2,1H3. The molecule has 1 saturated carbocycles. The summed E-state index contributed by atoms with van der Waals surface area (Å²) >= 11 is 0. The molecular weight excluding hydrogens is 164 g/mol. The first-order valence-electron chi connectivity index (χ1n) is 5.57. The Morgan fingerprint density at radius 3 is 2.46 bits per heavy atom. The van der Waals surface area contributed by atoms with Gasteiger partial charge in [-0.25, -0.2) is 0 Å². The molecule has 13 heavy (non-hydrogen) atoms. The SMILES string of the molecule is CC1CC(C(O)C2CCCC2)CO1. The van der Waals surface area contributed by atoms with Crippen LogP contribution in [0.15, 0.2) is 0 Å². The number of aliphatic hydroxyl groups is 1. The Bertz CT molecular complexity index is 163. The molecule has 0 aromatic rings. The van der Waals surface area contributed by atoms with E-state index in [4.69, 9.17) is 4.74 Å². The van der Waals surface area contributed by atoms with E-state index in [0.29, 0.717) is 17.9 Å². The van der Waals surface area contributed by atoms with Crippen LogP contribution in [0.5, 0.6) is 0 Å². The molecule has 0 aromatic carbocycles. The van der Waals surface area contributed by atoms with E-state index in [9.17, 15) is 5.11 Å². The molecule has 2 rings (SSSR count). The van der Waals surface area contributed by atoms with Crippen LogP contribution in [-0.4, -0.2) is 23.9 Å². The second-order valence-electron chi connectivity index (χ2n) is 4.67. The van der Waals surface area contributed by atoms with E-state index in [0.717, 1.165) is 13.0 Å². The normalized spacial score (nSPS) is 38.3. The van der Waals surface area contributed by atoms with Crippen LogP contribution < -0.4 is 0 Å². The molecule has 2 aliphatic rings. The van der Waals surface area contributed by atoms with Crippen LogP contribution in [0.4, 0.5) is 0 Å². The molecule has 0 bridgehead atoms. The van der Waals surface area contributed by atoms with Crippen LogP contribution in [0.3, 0.4) is 0 Å². The fourth-order valence-corrected chi connectivity index (χ4v) is 2.77. The van der Waals surface area contributed by atoms with E-state index < -0.39 is 0 Å². The lowest BCUT2D eigenvalue weighted by molar-refractivity contribution is 0.0423. The van der Waals surface area contributed by atoms with Crippen LogP contribution in [0.2, 0.25) is 0 Å². The number of ether oxygens (including phenoxy) is 1. The van der Waals surface area contributed by atoms with E-state index in [1.54, 1.807) is 0 Å². The van der Waals surface area contributed by atoms with Crippen molar-refractivity contribution in [2.45, 2.75) is 51.2 Å². The van der Waals surface area contributed by atoms with Crippen LogP contribution in [0.1, 0.15) is 39.0 Å². The molecule has 1 aliphatic heterocycles. The first-order chi connectivity index (χ1) is 6.27. The molecule has 1 N–H and O–H groups in total. The zero-order valence-corrected chi connectivity index (χ0v) is 8.41. The second kappa shape index (κ2) is 3.97. The van der Waals surface area contributed by atoms with Crippen molar-refractivity contribution >= 4 is 0 Å². The average Bonchev–Trinajstić information content (AvgIpc) is 2.72. The maximum atomic E-state index is 10.1. The van der Waals surface area contributed by atoms with Gasteiger partial charge < -0.3 is 9.84 Å². The molecule has 3 atom stereocenters. The summed E-state index contributed by atoms with van der Waals surface area (Å²) < 4.78 is 5.49. The summed E-state index contributed by atoms with van der Waals surface area (Å²) in [5, 5.41) is 10.1. The summed E-state index contributed by atoms with van der Waals surface area (Å²) in [4.78, 5) is 0. The van der Waals surface area contributed by atoms with E-state index in [1.807, 2.05) is 0 Å². The van der Waals surface area contributed by atoms with Gasteiger partial charge in [0, 0.05) is 5.92 Å². The number of rotatable bonds is 2. The molecule has 0 radical (unpaired) electrons. The lowest BCUT2D eigenvalue weighted by atomic mass is 9.88. The second-order valence-corrected chi connectivity index (χ2v) is 4.67. The molecule has 0 amide bonds. The number of aliphatic hydroxyl groups excluding tert-OH is 1. The molecule has 1 saturated heterocycles. The number of hydrogen-bond donors (Lipinski definition) is 1. The van der Waals surface area contributed by atoms with Gasteiger partial charge in [-0.3, -0.25) is 0 Å². The molecular formula is C11H20O2. The summed E-state index contributed by atoms with van der Waals surface area (Å²) in [6.07, 6.45) is 6.40. The van der Waals surface area contributed by atoms with Gasteiger partial charge in [-0.1, -0.05) is 12.8 Å². The van der Waals surface area contributed by atoms with E-state index in [-0.39, 0.29) is 6.10 Å². The van der Waals surface area contributed by atoms with E-state index in [2.05, 4.69) is 6.92 Å². The lowest BCUT2D eigenvalue weighted by Crippen LogP contribution is -2.28. The first kappa shape index (κ1) is 9.47. The largest absolute Gasteiger partial charge is 0.392 e. The summed E-state index contributed by atoms with van der Waals surface area (Å²) in [5.74, 6) is 0.983. The minimum Gasteiger partial charge on any atom is -0.392 e. The minimum absolute atomic E-state index is 0.0903. The van der Waals surface area contributed by atoms with Gasteiger partial charge in [-0.05, 0) is 32.1 Å². The molecule has 1 aliphatic carbocycles. The van der Waals surface area contributed by atoms with Crippen molar-refractivity contribution in [1.29, 1.82) is 0 Å². The first-order valence-corrected chi connectivity index (χ1v) is 5.57. The molecule has 3 unspecified atom stereocenters. The Kier molecular flexibility index (Phi) is 2.89. The van der Waals surface area contributed by atoms with Gasteiger partial charge in [0.15, 0.2) is 0 Å². The van der Waals surface area contributed by atoms with Crippen molar-refractivity contribution in [1.82, 2.24) is 0 Å². The predicted octanol–water partition coefficient (Wildman–Crippen LogP) is 1.96. The van der Waals surface area contributed by atoms with E-state index in [1.165, 1.54) is 25.7 Å². The summed E-state index contributed by atoms with van der Waals surface area (Å²) in [5.41, 5.74) is 0. The van der Waals surface area contributed by atoms with Gasteiger partial charge in [0.05, 0.1) is 18.8 Å². The lowest BCUT2D eigenvalue weighted by Gasteiger charge is -2.22. The topological polar surface area (TPSA) is 29.5 Å². The van der Waals surface area contributed by atoms with Crippen LogP contribution in [0, 0.1) is 11.8 Å². The Balaban J connectivity index is 1.85. The zero-order valence-electron chi connectivity index (χ0n) is 8.41. The minimum atomic E-state index is -0.0903. The third-order valence-electron chi connectivity index (χ3n) is 3.60. The van der Waals surface area contributed by atoms with Crippen LogP contribution in [0.25, 0.3) is 0 Å². The molecule has 1 heterocycles. The van der Waals surface area contributed by atoms with Gasteiger partial charge in [0.1, 0.15) is 0 Å². The quantitative estimate of drug-likeness (QED) is 0.711. The Morgan fingerprint density at radius 2 is 1.92 bits per heavy atom. The fourth-order valence-electron chi connectivity index (χ4n) is 2.77. The van der Waals surface area contributed by atoms with Crippen LogP contribution in [-0.2, 0) is 4.74 Å². The highest BCUT2D eigenvalue weighted by Crippen LogP contribution is 2.34. The van der Waals surface area contributed by atoms with Crippen molar-refractivity contribution in [3.8, 4) is 0 Å². The molecule has 2 fully saturated rings. The summed E-state index contributed by atoms with van der Waals surface area (Å²) in [7, 11) is 0. The van der Waals surface area contributed by atoms with Gasteiger partial charge in [-0.2, -0.15) is 0 Å². The fraction of sp³-hybridized carbons (Fsp3) is 1.00. The van der Waals surface area contributed by atoms with E-state index >= 15 is 0 Å². The van der Waals surface area contributed by atoms with Gasteiger partial charge in [0.2, 0.25) is 0 Å². The summed E-state index contributed by atoms with van der Waals surface area (Å²) in [6, 6.07) is 0. The monoisotopic (exact) mass is 184 g/mol. The molecule has 0 spiro atoms. The smallest absolute Gasteiger partial charge is 0.0619 e.